The molecule has 6 heteroatoms. The van der Waals surface area contributed by atoms with E-state index in [0.29, 0.717) is 25.4 Å². The van der Waals surface area contributed by atoms with Gasteiger partial charge in [-0.3, -0.25) is 0 Å². The summed E-state index contributed by atoms with van der Waals surface area (Å²) in [7, 11) is -1.93. The van der Waals surface area contributed by atoms with Crippen LogP contribution in [0.4, 0.5) is 5.69 Å². The summed E-state index contributed by atoms with van der Waals surface area (Å²) in [6.45, 7) is 5.16. The minimum Gasteiger partial charge on any atom is -0.399 e. The van der Waals surface area contributed by atoms with Crippen molar-refractivity contribution < 1.29 is 13.2 Å². The summed E-state index contributed by atoms with van der Waals surface area (Å²) >= 11 is 0. The van der Waals surface area contributed by atoms with Gasteiger partial charge < -0.3 is 10.5 Å². The van der Waals surface area contributed by atoms with E-state index in [1.807, 2.05) is 13.8 Å². The molecule has 0 bridgehead atoms. The highest BCUT2D eigenvalue weighted by molar-refractivity contribution is 7.89. The third-order valence-corrected chi connectivity index (χ3v) is 4.51. The van der Waals surface area contributed by atoms with E-state index in [2.05, 4.69) is 0 Å². The monoisotopic (exact) mass is 286 g/mol. The van der Waals surface area contributed by atoms with Gasteiger partial charge in [-0.25, -0.2) is 8.42 Å². The van der Waals surface area contributed by atoms with Gasteiger partial charge in [0.15, 0.2) is 0 Å². The van der Waals surface area contributed by atoms with Crippen molar-refractivity contribution in [1.29, 1.82) is 0 Å². The summed E-state index contributed by atoms with van der Waals surface area (Å²) in [5, 5.41) is 0. The summed E-state index contributed by atoms with van der Waals surface area (Å²) in [5.74, 6) is 0.250. The first-order valence-electron chi connectivity index (χ1n) is 6.22. The van der Waals surface area contributed by atoms with E-state index in [4.69, 9.17) is 10.5 Å². The van der Waals surface area contributed by atoms with Gasteiger partial charge in [-0.05, 0) is 30.2 Å². The molecule has 0 spiro atoms. The van der Waals surface area contributed by atoms with Crippen LogP contribution < -0.4 is 5.73 Å². The normalized spacial score (nSPS) is 12.3. The van der Waals surface area contributed by atoms with Crippen LogP contribution in [0.5, 0.6) is 0 Å². The Morgan fingerprint density at radius 3 is 2.32 bits per heavy atom. The molecular formula is C13H22N2O3S. The average Bonchev–Trinajstić information content (AvgIpc) is 2.34. The standard InChI is InChI=1S/C13H22N2O3S/c1-11(2)10-15(8-9-18-3)19(16,17)13-6-4-12(14)5-7-13/h4-7,11H,8-10,14H2,1-3H3. The van der Waals surface area contributed by atoms with Crippen LogP contribution in [0, 0.1) is 5.92 Å². The largest absolute Gasteiger partial charge is 0.399 e. The van der Waals surface area contributed by atoms with Crippen LogP contribution in [-0.4, -0.2) is 39.5 Å². The Morgan fingerprint density at radius 2 is 1.84 bits per heavy atom. The molecule has 0 radical (unpaired) electrons. The molecule has 2 N–H and O–H groups in total. The Labute approximate surface area is 115 Å². The SMILES string of the molecule is COCCN(CC(C)C)S(=O)(=O)c1ccc(N)cc1. The molecule has 0 heterocycles. The Hall–Kier alpha value is -1.11. The molecule has 0 amide bonds. The molecule has 0 aliphatic rings. The quantitative estimate of drug-likeness (QED) is 0.772. The molecule has 0 aliphatic carbocycles. The van der Waals surface area contributed by atoms with Crippen LogP contribution in [0.25, 0.3) is 0 Å². The van der Waals surface area contributed by atoms with Gasteiger partial charge in [-0.15, -0.1) is 0 Å². The van der Waals surface area contributed by atoms with Gasteiger partial charge in [-0.1, -0.05) is 13.8 Å². The average molecular weight is 286 g/mol. The first-order chi connectivity index (χ1) is 8.87. The number of hydrogen-bond acceptors (Lipinski definition) is 4. The predicted octanol–water partition coefficient (Wildman–Crippen LogP) is 1.56. The number of sulfonamides is 1. The van der Waals surface area contributed by atoms with Gasteiger partial charge in [-0.2, -0.15) is 4.31 Å². The molecule has 1 rings (SSSR count). The number of nitrogens with two attached hydrogens (primary N) is 1. The maximum atomic E-state index is 12.5. The van der Waals surface area contributed by atoms with E-state index in [9.17, 15) is 8.42 Å². The lowest BCUT2D eigenvalue weighted by Gasteiger charge is -2.23. The third kappa shape index (κ3) is 4.49. The smallest absolute Gasteiger partial charge is 0.243 e. The van der Waals surface area contributed by atoms with Crippen molar-refractivity contribution in [3.8, 4) is 0 Å². The molecule has 0 atom stereocenters. The topological polar surface area (TPSA) is 72.6 Å². The highest BCUT2D eigenvalue weighted by Gasteiger charge is 2.24. The minimum absolute atomic E-state index is 0.250. The maximum absolute atomic E-state index is 12.5. The number of ether oxygens (including phenoxy) is 1. The van der Waals surface area contributed by atoms with Crippen LogP contribution in [-0.2, 0) is 14.8 Å². The minimum atomic E-state index is -3.49. The summed E-state index contributed by atoms with van der Waals surface area (Å²) in [5.41, 5.74) is 6.13. The van der Waals surface area contributed by atoms with E-state index in [1.165, 1.54) is 16.4 Å². The predicted molar refractivity (Wildman–Crippen MR) is 76.3 cm³/mol. The molecule has 0 aliphatic heterocycles. The number of hydrogen-bond donors (Lipinski definition) is 1. The van der Waals surface area contributed by atoms with Crippen LogP contribution in [0.1, 0.15) is 13.8 Å². The first kappa shape index (κ1) is 15.9. The molecule has 0 fully saturated rings. The summed E-state index contributed by atoms with van der Waals surface area (Å²) in [4.78, 5) is 0.262. The van der Waals surface area contributed by atoms with E-state index in [1.54, 1.807) is 19.2 Å². The molecule has 108 valence electrons. The van der Waals surface area contributed by atoms with Crippen molar-refractivity contribution in [2.45, 2.75) is 18.7 Å². The summed E-state index contributed by atoms with van der Waals surface area (Å²) < 4.78 is 31.5. The zero-order valence-electron chi connectivity index (χ0n) is 11.7. The first-order valence-corrected chi connectivity index (χ1v) is 7.66. The van der Waals surface area contributed by atoms with Crippen LogP contribution in [0.3, 0.4) is 0 Å². The number of anilines is 1. The van der Waals surface area contributed by atoms with E-state index >= 15 is 0 Å². The van der Waals surface area contributed by atoms with Gasteiger partial charge in [0.2, 0.25) is 10.0 Å². The fourth-order valence-electron chi connectivity index (χ4n) is 1.70. The zero-order valence-corrected chi connectivity index (χ0v) is 12.5. The lowest BCUT2D eigenvalue weighted by atomic mass is 10.2. The van der Waals surface area contributed by atoms with Gasteiger partial charge in [0.25, 0.3) is 0 Å². The van der Waals surface area contributed by atoms with Crippen LogP contribution >= 0.6 is 0 Å². The van der Waals surface area contributed by atoms with Crippen molar-refractivity contribution in [1.82, 2.24) is 4.31 Å². The zero-order chi connectivity index (χ0) is 14.5. The molecule has 0 aromatic heterocycles. The number of rotatable bonds is 7. The van der Waals surface area contributed by atoms with Crippen molar-refractivity contribution in [2.24, 2.45) is 5.92 Å². The van der Waals surface area contributed by atoms with Crippen LogP contribution in [0.15, 0.2) is 29.2 Å². The second-order valence-corrected chi connectivity index (χ2v) is 6.76. The highest BCUT2D eigenvalue weighted by atomic mass is 32.2. The second kappa shape index (κ2) is 6.88. The lowest BCUT2D eigenvalue weighted by molar-refractivity contribution is 0.175. The van der Waals surface area contributed by atoms with Gasteiger partial charge in [0.1, 0.15) is 0 Å². The Balaban J connectivity index is 3.00. The van der Waals surface area contributed by atoms with Crippen molar-refractivity contribution in [3.63, 3.8) is 0 Å². The van der Waals surface area contributed by atoms with Crippen molar-refractivity contribution >= 4 is 15.7 Å². The molecule has 0 unspecified atom stereocenters. The Bertz CT molecular complexity index is 483. The summed E-state index contributed by atoms with van der Waals surface area (Å²) in [6.07, 6.45) is 0. The Morgan fingerprint density at radius 1 is 1.26 bits per heavy atom. The third-order valence-electron chi connectivity index (χ3n) is 2.63. The van der Waals surface area contributed by atoms with Gasteiger partial charge in [0, 0.05) is 25.9 Å². The molecule has 1 aromatic carbocycles. The van der Waals surface area contributed by atoms with E-state index in [0.717, 1.165) is 0 Å². The molecule has 0 saturated heterocycles. The number of benzene rings is 1. The number of nitrogens with zero attached hydrogens (tertiary/aromatic N) is 1. The molecule has 0 saturated carbocycles. The molecular weight excluding hydrogens is 264 g/mol. The Kier molecular flexibility index (Phi) is 5.78. The highest BCUT2D eigenvalue weighted by Crippen LogP contribution is 2.18. The van der Waals surface area contributed by atoms with Gasteiger partial charge >= 0.3 is 0 Å². The lowest BCUT2D eigenvalue weighted by Crippen LogP contribution is -2.36. The fraction of sp³-hybridized carbons (Fsp3) is 0.538. The van der Waals surface area contributed by atoms with Crippen LogP contribution in [0.2, 0.25) is 0 Å². The number of nitrogen functional groups attached to an aromatic ring is 1. The van der Waals surface area contributed by atoms with E-state index < -0.39 is 10.0 Å². The second-order valence-electron chi connectivity index (χ2n) is 4.82. The molecule has 19 heavy (non-hydrogen) atoms. The van der Waals surface area contributed by atoms with Crippen molar-refractivity contribution in [3.05, 3.63) is 24.3 Å². The molecule has 5 nitrogen and oxygen atoms in total. The summed E-state index contributed by atoms with van der Waals surface area (Å²) in [6, 6.07) is 6.25. The fourth-order valence-corrected chi connectivity index (χ4v) is 3.29. The van der Waals surface area contributed by atoms with E-state index in [-0.39, 0.29) is 10.8 Å². The van der Waals surface area contributed by atoms with Crippen molar-refractivity contribution in [2.75, 3.05) is 32.5 Å². The number of methoxy groups -OCH3 is 1. The molecule has 1 aromatic rings. The van der Waals surface area contributed by atoms with Gasteiger partial charge in [0.05, 0.1) is 11.5 Å². The maximum Gasteiger partial charge on any atom is 0.243 e.